The number of allylic oxidation sites excluding steroid dienone is 1. The zero-order chi connectivity index (χ0) is 16.3. The highest BCUT2D eigenvalue weighted by atomic mass is 127. The van der Waals surface area contributed by atoms with Crippen LogP contribution in [0.1, 0.15) is 23.7 Å². The predicted octanol–water partition coefficient (Wildman–Crippen LogP) is 4.83. The van der Waals surface area contributed by atoms with Gasteiger partial charge in [0.15, 0.2) is 11.5 Å². The van der Waals surface area contributed by atoms with E-state index < -0.39 is 0 Å². The van der Waals surface area contributed by atoms with Gasteiger partial charge in [-0.05, 0) is 64.4 Å². The molecule has 1 heterocycles. The van der Waals surface area contributed by atoms with Crippen molar-refractivity contribution in [2.45, 2.75) is 13.5 Å². The highest BCUT2D eigenvalue weighted by Crippen LogP contribution is 2.32. The Kier molecular flexibility index (Phi) is 5.34. The van der Waals surface area contributed by atoms with Crippen molar-refractivity contribution in [1.82, 2.24) is 4.57 Å². The number of nitrogens with zero attached hydrogens (tertiary/aromatic N) is 1. The molecule has 0 saturated heterocycles. The molecule has 0 amide bonds. The van der Waals surface area contributed by atoms with Gasteiger partial charge in [0, 0.05) is 16.3 Å². The summed E-state index contributed by atoms with van der Waals surface area (Å²) in [6.07, 6.45) is 3.92. The van der Waals surface area contributed by atoms with Crippen molar-refractivity contribution in [3.8, 4) is 11.5 Å². The van der Waals surface area contributed by atoms with Crippen molar-refractivity contribution in [1.29, 1.82) is 0 Å². The third-order valence-corrected chi connectivity index (χ3v) is 4.52. The van der Waals surface area contributed by atoms with Gasteiger partial charge in [-0.3, -0.25) is 0 Å². The fourth-order valence-electron chi connectivity index (χ4n) is 2.48. The molecule has 0 aliphatic rings. The van der Waals surface area contributed by atoms with Crippen LogP contribution in [0.15, 0.2) is 37.6 Å². The molecule has 0 atom stereocenters. The van der Waals surface area contributed by atoms with Crippen molar-refractivity contribution in [3.05, 3.63) is 57.9 Å². The molecule has 2 aromatic rings. The molecule has 2 rings (SSSR count). The molecule has 0 spiro atoms. The number of aromatic nitrogens is 1. The molecule has 1 aromatic carbocycles. The molecule has 0 bridgehead atoms. The lowest BCUT2D eigenvalue weighted by Gasteiger charge is -2.15. The summed E-state index contributed by atoms with van der Waals surface area (Å²) in [6, 6.07) is 6.08. The van der Waals surface area contributed by atoms with Crippen molar-refractivity contribution in [2.24, 2.45) is 0 Å². The van der Waals surface area contributed by atoms with E-state index >= 15 is 0 Å². The lowest BCUT2D eigenvalue weighted by molar-refractivity contribution is 0.354. The van der Waals surface area contributed by atoms with Crippen LogP contribution >= 0.6 is 22.6 Å². The van der Waals surface area contributed by atoms with Crippen molar-refractivity contribution in [3.63, 3.8) is 0 Å². The minimum atomic E-state index is 0.742. The molecular weight excluding hydrogens is 389 g/mol. The maximum Gasteiger partial charge on any atom is 0.161 e. The van der Waals surface area contributed by atoms with E-state index in [0.717, 1.165) is 38.4 Å². The van der Waals surface area contributed by atoms with E-state index in [1.807, 2.05) is 25.1 Å². The van der Waals surface area contributed by atoms with E-state index in [9.17, 15) is 0 Å². The Labute approximate surface area is 145 Å². The Morgan fingerprint density at radius 2 is 1.91 bits per heavy atom. The molecule has 0 saturated carbocycles. The molecular formula is C18H20INO2. The van der Waals surface area contributed by atoms with Crippen LogP contribution in [0.5, 0.6) is 11.5 Å². The lowest BCUT2D eigenvalue weighted by atomic mass is 10.1. The third kappa shape index (κ3) is 3.21. The molecule has 4 heteroatoms. The number of benzene rings is 1. The first-order chi connectivity index (χ1) is 10.5. The van der Waals surface area contributed by atoms with Crippen molar-refractivity contribution in [2.75, 3.05) is 14.2 Å². The maximum atomic E-state index is 5.40. The van der Waals surface area contributed by atoms with Crippen LogP contribution in [0.4, 0.5) is 0 Å². The summed E-state index contributed by atoms with van der Waals surface area (Å²) in [4.78, 5) is 0. The largest absolute Gasteiger partial charge is 0.493 e. The number of ether oxygens (including phenoxy) is 2. The van der Waals surface area contributed by atoms with Gasteiger partial charge >= 0.3 is 0 Å². The maximum absolute atomic E-state index is 5.40. The van der Waals surface area contributed by atoms with Gasteiger partial charge in [0.1, 0.15) is 0 Å². The van der Waals surface area contributed by atoms with E-state index in [1.54, 1.807) is 14.2 Å². The Balaban J connectivity index is 2.45. The first-order valence-corrected chi connectivity index (χ1v) is 7.97. The summed E-state index contributed by atoms with van der Waals surface area (Å²) < 4.78 is 14.1. The van der Waals surface area contributed by atoms with Crippen molar-refractivity contribution >= 4 is 34.2 Å². The first-order valence-electron chi connectivity index (χ1n) is 6.89. The average Bonchev–Trinajstić information content (AvgIpc) is 2.91. The minimum absolute atomic E-state index is 0.742. The third-order valence-electron chi connectivity index (χ3n) is 3.51. The van der Waals surface area contributed by atoms with Crippen LogP contribution in [0.25, 0.3) is 11.6 Å². The number of methoxy groups -OCH3 is 2. The summed E-state index contributed by atoms with van der Waals surface area (Å²) in [6.45, 7) is 10.7. The molecule has 0 radical (unpaired) electrons. The summed E-state index contributed by atoms with van der Waals surface area (Å²) in [5, 5.41) is 0. The summed E-state index contributed by atoms with van der Waals surface area (Å²) in [5.74, 6) is 1.49. The SMILES string of the molecule is C=Cc1ccn(Cc2cc(OC)c(OC)cc2I)c1C(=C)C. The average molecular weight is 409 g/mol. The second-order valence-electron chi connectivity index (χ2n) is 5.03. The zero-order valence-corrected chi connectivity index (χ0v) is 15.3. The van der Waals surface area contributed by atoms with Crippen LogP contribution < -0.4 is 9.47 Å². The molecule has 1 aromatic heterocycles. The molecule has 22 heavy (non-hydrogen) atoms. The Morgan fingerprint density at radius 3 is 2.45 bits per heavy atom. The van der Waals surface area contributed by atoms with E-state index in [2.05, 4.69) is 52.6 Å². The number of hydrogen-bond acceptors (Lipinski definition) is 2. The van der Waals surface area contributed by atoms with E-state index in [0.29, 0.717) is 0 Å². The fraction of sp³-hybridized carbons (Fsp3) is 0.222. The van der Waals surface area contributed by atoms with Crippen LogP contribution in [-0.2, 0) is 6.54 Å². The van der Waals surface area contributed by atoms with Crippen LogP contribution in [0.3, 0.4) is 0 Å². The molecule has 0 fully saturated rings. The summed E-state index contributed by atoms with van der Waals surface area (Å²) in [5.41, 5.74) is 4.41. The Hall–Kier alpha value is -1.69. The number of rotatable bonds is 6. The van der Waals surface area contributed by atoms with Gasteiger partial charge < -0.3 is 14.0 Å². The van der Waals surface area contributed by atoms with Crippen molar-refractivity contribution < 1.29 is 9.47 Å². The molecule has 116 valence electrons. The van der Waals surface area contributed by atoms with Gasteiger partial charge in [0.2, 0.25) is 0 Å². The van der Waals surface area contributed by atoms with Gasteiger partial charge in [-0.1, -0.05) is 19.2 Å². The molecule has 0 aliphatic carbocycles. The Morgan fingerprint density at radius 1 is 1.27 bits per heavy atom. The standard InChI is InChI=1S/C18H20INO2/c1-6-13-7-8-20(18(13)12(2)3)11-14-9-16(21-4)17(22-5)10-15(14)19/h6-10H,1-2,11H2,3-5H3. The van der Waals surface area contributed by atoms with Gasteiger partial charge in [-0.2, -0.15) is 0 Å². The Bertz CT molecular complexity index is 716. The molecule has 0 unspecified atom stereocenters. The topological polar surface area (TPSA) is 23.4 Å². The van der Waals surface area contributed by atoms with E-state index in [4.69, 9.17) is 9.47 Å². The van der Waals surface area contributed by atoms with Gasteiger partial charge in [0.25, 0.3) is 0 Å². The van der Waals surface area contributed by atoms with Gasteiger partial charge in [0.05, 0.1) is 19.9 Å². The second-order valence-corrected chi connectivity index (χ2v) is 6.19. The number of halogens is 1. The second kappa shape index (κ2) is 7.05. The van der Waals surface area contributed by atoms with Gasteiger partial charge in [-0.25, -0.2) is 0 Å². The first kappa shape index (κ1) is 16.7. The lowest BCUT2D eigenvalue weighted by Crippen LogP contribution is -2.05. The van der Waals surface area contributed by atoms with E-state index in [1.165, 1.54) is 5.56 Å². The summed E-state index contributed by atoms with van der Waals surface area (Å²) in [7, 11) is 3.30. The number of hydrogen-bond donors (Lipinski definition) is 0. The van der Waals surface area contributed by atoms with E-state index in [-0.39, 0.29) is 0 Å². The quantitative estimate of drug-likeness (QED) is 0.638. The fourth-order valence-corrected chi connectivity index (χ4v) is 3.09. The predicted molar refractivity (Wildman–Crippen MR) is 101 cm³/mol. The van der Waals surface area contributed by atoms with Gasteiger partial charge in [-0.15, -0.1) is 0 Å². The zero-order valence-electron chi connectivity index (χ0n) is 13.1. The highest BCUT2D eigenvalue weighted by molar-refractivity contribution is 14.1. The minimum Gasteiger partial charge on any atom is -0.493 e. The highest BCUT2D eigenvalue weighted by Gasteiger charge is 2.13. The molecule has 0 N–H and O–H groups in total. The summed E-state index contributed by atoms with van der Waals surface area (Å²) >= 11 is 2.32. The van der Waals surface area contributed by atoms with Crippen LogP contribution in [0, 0.1) is 3.57 Å². The normalized spacial score (nSPS) is 10.4. The van der Waals surface area contributed by atoms with Crippen LogP contribution in [-0.4, -0.2) is 18.8 Å². The van der Waals surface area contributed by atoms with Crippen LogP contribution in [0.2, 0.25) is 0 Å². The monoisotopic (exact) mass is 409 g/mol. The molecule has 0 aliphatic heterocycles. The molecule has 3 nitrogen and oxygen atoms in total. The smallest absolute Gasteiger partial charge is 0.161 e.